The molecule has 0 bridgehead atoms. The molecule has 2 aromatic carbocycles. The predicted molar refractivity (Wildman–Crippen MR) is 71.3 cm³/mol. The van der Waals surface area contributed by atoms with Gasteiger partial charge in [-0.05, 0) is 23.8 Å². The van der Waals surface area contributed by atoms with Gasteiger partial charge in [0.2, 0.25) is 0 Å². The van der Waals surface area contributed by atoms with Crippen LogP contribution in [0.2, 0.25) is 0 Å². The highest BCUT2D eigenvalue weighted by atomic mass is 35.5. The molecule has 19 heavy (non-hydrogen) atoms. The Balaban J connectivity index is 2.35. The van der Waals surface area contributed by atoms with Gasteiger partial charge in [0, 0.05) is 11.4 Å². The Hall–Kier alpha value is -1.45. The van der Waals surface area contributed by atoms with Gasteiger partial charge < -0.3 is 4.74 Å². The van der Waals surface area contributed by atoms with E-state index in [0.29, 0.717) is 17.0 Å². The molecular weight excluding hydrogens is 270 g/mol. The lowest BCUT2D eigenvalue weighted by atomic mass is 10.0. The lowest BCUT2D eigenvalue weighted by Gasteiger charge is -2.19. The minimum absolute atomic E-state index is 0.290. The van der Waals surface area contributed by atoms with Crippen LogP contribution in [-0.2, 0) is 4.74 Å². The fourth-order valence-corrected chi connectivity index (χ4v) is 1.94. The van der Waals surface area contributed by atoms with E-state index >= 15 is 0 Å². The van der Waals surface area contributed by atoms with Gasteiger partial charge in [0.25, 0.3) is 0 Å². The SMILES string of the molecule is Fc1ccc(C(OCCCl)c2ccccc2F)cc1. The second-order valence-corrected chi connectivity index (χ2v) is 4.39. The smallest absolute Gasteiger partial charge is 0.129 e. The minimum atomic E-state index is -0.583. The summed E-state index contributed by atoms with van der Waals surface area (Å²) in [6, 6.07) is 12.2. The quantitative estimate of drug-likeness (QED) is 0.743. The van der Waals surface area contributed by atoms with Crippen LogP contribution >= 0.6 is 11.6 Å². The van der Waals surface area contributed by atoms with E-state index in [1.165, 1.54) is 18.2 Å². The largest absolute Gasteiger partial charge is 0.367 e. The second-order valence-electron chi connectivity index (χ2n) is 4.01. The molecule has 0 N–H and O–H groups in total. The van der Waals surface area contributed by atoms with E-state index in [2.05, 4.69) is 0 Å². The van der Waals surface area contributed by atoms with E-state index in [1.807, 2.05) is 0 Å². The fraction of sp³-hybridized carbons (Fsp3) is 0.200. The summed E-state index contributed by atoms with van der Waals surface area (Å²) < 4.78 is 32.4. The van der Waals surface area contributed by atoms with Gasteiger partial charge in [0.05, 0.1) is 6.61 Å². The molecule has 0 radical (unpaired) electrons. The molecule has 0 amide bonds. The Labute approximate surface area is 115 Å². The van der Waals surface area contributed by atoms with Gasteiger partial charge in [-0.3, -0.25) is 0 Å². The molecule has 4 heteroatoms. The zero-order valence-corrected chi connectivity index (χ0v) is 10.9. The first-order valence-electron chi connectivity index (χ1n) is 5.90. The van der Waals surface area contributed by atoms with Crippen molar-refractivity contribution in [3.63, 3.8) is 0 Å². The van der Waals surface area contributed by atoms with E-state index in [9.17, 15) is 8.78 Å². The number of benzene rings is 2. The van der Waals surface area contributed by atoms with Crippen LogP contribution in [0.5, 0.6) is 0 Å². The molecule has 0 aliphatic rings. The highest BCUT2D eigenvalue weighted by Crippen LogP contribution is 2.28. The molecule has 0 saturated heterocycles. The summed E-state index contributed by atoms with van der Waals surface area (Å²) in [7, 11) is 0. The Kier molecular flexibility index (Phi) is 4.88. The molecule has 0 fully saturated rings. The summed E-state index contributed by atoms with van der Waals surface area (Å²) in [6.45, 7) is 0.290. The van der Waals surface area contributed by atoms with E-state index < -0.39 is 6.10 Å². The second kappa shape index (κ2) is 6.64. The monoisotopic (exact) mass is 282 g/mol. The van der Waals surface area contributed by atoms with Crippen LogP contribution in [0.1, 0.15) is 17.2 Å². The van der Waals surface area contributed by atoms with Gasteiger partial charge in [-0.2, -0.15) is 0 Å². The van der Waals surface area contributed by atoms with Crippen molar-refractivity contribution in [3.8, 4) is 0 Å². The van der Waals surface area contributed by atoms with Gasteiger partial charge in [0.1, 0.15) is 17.7 Å². The van der Waals surface area contributed by atoms with Crippen LogP contribution in [0.3, 0.4) is 0 Å². The maximum absolute atomic E-state index is 13.8. The normalized spacial score (nSPS) is 12.4. The number of hydrogen-bond acceptors (Lipinski definition) is 1. The molecular formula is C15H13ClF2O. The highest BCUT2D eigenvalue weighted by molar-refractivity contribution is 6.17. The van der Waals surface area contributed by atoms with Crippen molar-refractivity contribution in [2.45, 2.75) is 6.10 Å². The average molecular weight is 283 g/mol. The van der Waals surface area contributed by atoms with E-state index in [4.69, 9.17) is 16.3 Å². The molecule has 0 heterocycles. The first-order valence-corrected chi connectivity index (χ1v) is 6.43. The number of halogens is 3. The Morgan fingerprint density at radius 2 is 1.68 bits per heavy atom. The third-order valence-electron chi connectivity index (χ3n) is 2.72. The molecule has 2 rings (SSSR count). The van der Waals surface area contributed by atoms with E-state index in [1.54, 1.807) is 30.3 Å². The third-order valence-corrected chi connectivity index (χ3v) is 2.88. The van der Waals surface area contributed by atoms with Gasteiger partial charge >= 0.3 is 0 Å². The molecule has 2 aromatic rings. The molecule has 0 aromatic heterocycles. The van der Waals surface area contributed by atoms with Gasteiger partial charge in [0.15, 0.2) is 0 Å². The summed E-state index contributed by atoms with van der Waals surface area (Å²) in [5.74, 6) is -0.383. The van der Waals surface area contributed by atoms with Crippen molar-refractivity contribution >= 4 is 11.6 Å². The third kappa shape index (κ3) is 3.52. The first-order chi connectivity index (χ1) is 9.22. The van der Waals surface area contributed by atoms with Gasteiger partial charge in [-0.25, -0.2) is 8.78 Å². The Bertz CT molecular complexity index is 528. The lowest BCUT2D eigenvalue weighted by Crippen LogP contribution is -2.10. The van der Waals surface area contributed by atoms with Gasteiger partial charge in [-0.15, -0.1) is 11.6 Å². The molecule has 100 valence electrons. The molecule has 0 aliphatic heterocycles. The number of ether oxygens (including phenoxy) is 1. The molecule has 0 aliphatic carbocycles. The number of hydrogen-bond donors (Lipinski definition) is 0. The molecule has 0 spiro atoms. The molecule has 1 nitrogen and oxygen atoms in total. The first kappa shape index (κ1) is 14.0. The molecule has 1 unspecified atom stereocenters. The van der Waals surface area contributed by atoms with Crippen molar-refractivity contribution < 1.29 is 13.5 Å². The van der Waals surface area contributed by atoms with Crippen LogP contribution in [-0.4, -0.2) is 12.5 Å². The van der Waals surface area contributed by atoms with Crippen LogP contribution in [0.25, 0.3) is 0 Å². The Morgan fingerprint density at radius 3 is 2.32 bits per heavy atom. The zero-order valence-electron chi connectivity index (χ0n) is 10.2. The summed E-state index contributed by atoms with van der Waals surface area (Å²) in [5, 5.41) is 0. The Morgan fingerprint density at radius 1 is 1.00 bits per heavy atom. The number of rotatable bonds is 5. The molecule has 1 atom stereocenters. The zero-order chi connectivity index (χ0) is 13.7. The summed E-state index contributed by atoms with van der Waals surface area (Å²) >= 11 is 5.61. The maximum atomic E-state index is 13.8. The standard InChI is InChI=1S/C15H13ClF2O/c16-9-10-19-15(11-5-7-12(17)8-6-11)13-3-1-2-4-14(13)18/h1-8,15H,9-10H2. The molecule has 0 saturated carbocycles. The van der Waals surface area contributed by atoms with Crippen LogP contribution in [0.15, 0.2) is 48.5 Å². The van der Waals surface area contributed by atoms with Gasteiger partial charge in [-0.1, -0.05) is 30.3 Å². The van der Waals surface area contributed by atoms with Crippen molar-refractivity contribution in [2.24, 2.45) is 0 Å². The summed E-state index contributed by atoms with van der Waals surface area (Å²) in [6.07, 6.45) is -0.583. The fourth-order valence-electron chi connectivity index (χ4n) is 1.85. The number of alkyl halides is 1. The van der Waals surface area contributed by atoms with Crippen molar-refractivity contribution in [1.82, 2.24) is 0 Å². The van der Waals surface area contributed by atoms with Crippen molar-refractivity contribution in [2.75, 3.05) is 12.5 Å². The van der Waals surface area contributed by atoms with E-state index in [-0.39, 0.29) is 18.2 Å². The van der Waals surface area contributed by atoms with Crippen molar-refractivity contribution in [3.05, 3.63) is 71.3 Å². The van der Waals surface area contributed by atoms with Crippen LogP contribution in [0.4, 0.5) is 8.78 Å². The lowest BCUT2D eigenvalue weighted by molar-refractivity contribution is 0.0902. The summed E-state index contributed by atoms with van der Waals surface area (Å²) in [4.78, 5) is 0. The minimum Gasteiger partial charge on any atom is -0.367 e. The predicted octanol–water partition coefficient (Wildman–Crippen LogP) is 4.31. The van der Waals surface area contributed by atoms with Crippen molar-refractivity contribution in [1.29, 1.82) is 0 Å². The highest BCUT2D eigenvalue weighted by Gasteiger charge is 2.18. The van der Waals surface area contributed by atoms with Crippen LogP contribution in [0, 0.1) is 11.6 Å². The average Bonchev–Trinajstić information content (AvgIpc) is 2.43. The maximum Gasteiger partial charge on any atom is 0.129 e. The topological polar surface area (TPSA) is 9.23 Å². The van der Waals surface area contributed by atoms with Crippen LogP contribution < -0.4 is 0 Å². The summed E-state index contributed by atoms with van der Waals surface area (Å²) in [5.41, 5.74) is 1.11. The van der Waals surface area contributed by atoms with E-state index in [0.717, 1.165) is 0 Å².